The van der Waals surface area contributed by atoms with E-state index < -0.39 is 0 Å². The van der Waals surface area contributed by atoms with Crippen molar-refractivity contribution in [2.45, 2.75) is 20.3 Å². The molecule has 0 bridgehead atoms. The van der Waals surface area contributed by atoms with Crippen LogP contribution in [0.15, 0.2) is 16.7 Å². The van der Waals surface area contributed by atoms with Gasteiger partial charge >= 0.3 is 0 Å². The van der Waals surface area contributed by atoms with Gasteiger partial charge in [0.2, 0.25) is 0 Å². The van der Waals surface area contributed by atoms with Crippen LogP contribution < -0.4 is 0 Å². The van der Waals surface area contributed by atoms with Gasteiger partial charge in [-0.15, -0.1) is 0 Å². The van der Waals surface area contributed by atoms with Crippen molar-refractivity contribution in [3.8, 4) is 0 Å². The highest BCUT2D eigenvalue weighted by atomic mass is 79.9. The van der Waals surface area contributed by atoms with Crippen molar-refractivity contribution >= 4 is 21.7 Å². The first-order valence-electron chi connectivity index (χ1n) is 3.97. The summed E-state index contributed by atoms with van der Waals surface area (Å²) in [7, 11) is 0. The molecule has 0 aliphatic heterocycles. The van der Waals surface area contributed by atoms with Gasteiger partial charge in [-0.1, -0.05) is 13.8 Å². The molecule has 66 valence electrons. The third-order valence-corrected chi connectivity index (χ3v) is 2.01. The van der Waals surface area contributed by atoms with Crippen molar-refractivity contribution < 1.29 is 4.79 Å². The molecule has 0 unspecified atom stereocenters. The van der Waals surface area contributed by atoms with Crippen LogP contribution in [0, 0.1) is 5.92 Å². The molecule has 0 saturated heterocycles. The Kier molecular flexibility index (Phi) is 3.09. The van der Waals surface area contributed by atoms with E-state index in [0.29, 0.717) is 18.0 Å². The van der Waals surface area contributed by atoms with Gasteiger partial charge in [0.25, 0.3) is 0 Å². The number of carbonyl (C=O) groups excluding carboxylic acids is 1. The predicted octanol–water partition coefficient (Wildman–Crippen LogP) is 3.01. The van der Waals surface area contributed by atoms with E-state index in [-0.39, 0.29) is 5.78 Å². The van der Waals surface area contributed by atoms with E-state index in [0.717, 1.165) is 4.60 Å². The largest absolute Gasteiger partial charge is 0.347 e. The molecule has 12 heavy (non-hydrogen) atoms. The number of rotatable bonds is 3. The van der Waals surface area contributed by atoms with Crippen LogP contribution >= 0.6 is 15.9 Å². The standard InChI is InChI=1S/C9H12BrNO/c1-6(2)5-8(12)7-3-4-9(10)11-7/h3-4,6,11H,5H2,1-2H3. The van der Waals surface area contributed by atoms with E-state index in [9.17, 15) is 4.79 Å². The SMILES string of the molecule is CC(C)CC(=O)c1ccc(Br)[nH]1. The number of carbonyl (C=O) groups is 1. The van der Waals surface area contributed by atoms with Crippen LogP contribution in [0.5, 0.6) is 0 Å². The number of H-pyrrole nitrogens is 1. The smallest absolute Gasteiger partial charge is 0.179 e. The fraction of sp³-hybridized carbons (Fsp3) is 0.444. The van der Waals surface area contributed by atoms with Crippen LogP contribution in [0.4, 0.5) is 0 Å². The minimum atomic E-state index is 0.177. The molecule has 1 heterocycles. The molecule has 1 N–H and O–H groups in total. The summed E-state index contributed by atoms with van der Waals surface area (Å²) in [5.74, 6) is 0.593. The number of halogens is 1. The van der Waals surface area contributed by atoms with Crippen LogP contribution in [0.25, 0.3) is 0 Å². The molecular weight excluding hydrogens is 218 g/mol. The fourth-order valence-electron chi connectivity index (χ4n) is 1.01. The highest BCUT2D eigenvalue weighted by molar-refractivity contribution is 9.10. The van der Waals surface area contributed by atoms with Crippen molar-refractivity contribution in [2.75, 3.05) is 0 Å². The zero-order valence-electron chi connectivity index (χ0n) is 7.23. The molecule has 0 fully saturated rings. The molecule has 0 spiro atoms. The molecule has 0 amide bonds. The van der Waals surface area contributed by atoms with Gasteiger partial charge in [-0.3, -0.25) is 4.79 Å². The number of nitrogens with one attached hydrogen (secondary N) is 1. The Morgan fingerprint density at radius 3 is 2.67 bits per heavy atom. The summed E-state index contributed by atoms with van der Waals surface area (Å²) in [6.45, 7) is 4.08. The zero-order chi connectivity index (χ0) is 9.14. The minimum absolute atomic E-state index is 0.177. The third-order valence-electron chi connectivity index (χ3n) is 1.54. The first kappa shape index (κ1) is 9.52. The second-order valence-electron chi connectivity index (χ2n) is 3.24. The lowest BCUT2D eigenvalue weighted by Gasteiger charge is -2.00. The van der Waals surface area contributed by atoms with Crippen LogP contribution in [0.2, 0.25) is 0 Å². The summed E-state index contributed by atoms with van der Waals surface area (Å²) in [4.78, 5) is 14.4. The van der Waals surface area contributed by atoms with E-state index in [1.807, 2.05) is 19.9 Å². The summed E-state index contributed by atoms with van der Waals surface area (Å²) in [5, 5.41) is 0. The van der Waals surface area contributed by atoms with Crippen molar-refractivity contribution in [2.24, 2.45) is 5.92 Å². The Labute approximate surface area is 80.5 Å². The lowest BCUT2D eigenvalue weighted by Crippen LogP contribution is -2.03. The van der Waals surface area contributed by atoms with Gasteiger partial charge in [0, 0.05) is 6.42 Å². The summed E-state index contributed by atoms with van der Waals surface area (Å²) in [6.07, 6.45) is 0.604. The number of aromatic nitrogens is 1. The van der Waals surface area contributed by atoms with Crippen LogP contribution in [-0.4, -0.2) is 10.8 Å². The Morgan fingerprint density at radius 2 is 2.25 bits per heavy atom. The molecule has 1 aromatic rings. The summed E-state index contributed by atoms with van der Waals surface area (Å²) < 4.78 is 0.856. The second-order valence-corrected chi connectivity index (χ2v) is 4.10. The summed E-state index contributed by atoms with van der Waals surface area (Å²) >= 11 is 3.26. The number of ketones is 1. The van der Waals surface area contributed by atoms with Crippen LogP contribution in [-0.2, 0) is 0 Å². The molecular formula is C9H12BrNO. The summed E-state index contributed by atoms with van der Waals surface area (Å²) in [6, 6.07) is 3.64. The van der Waals surface area contributed by atoms with Gasteiger partial charge in [-0.05, 0) is 34.0 Å². The van der Waals surface area contributed by atoms with Gasteiger partial charge in [0.15, 0.2) is 5.78 Å². The fourth-order valence-corrected chi connectivity index (χ4v) is 1.36. The highest BCUT2D eigenvalue weighted by Crippen LogP contribution is 2.12. The average Bonchev–Trinajstić information content (AvgIpc) is 2.34. The van der Waals surface area contributed by atoms with E-state index in [1.54, 1.807) is 6.07 Å². The minimum Gasteiger partial charge on any atom is -0.347 e. The molecule has 0 saturated carbocycles. The van der Waals surface area contributed by atoms with Crippen LogP contribution in [0.1, 0.15) is 30.8 Å². The Morgan fingerprint density at radius 1 is 1.58 bits per heavy atom. The van der Waals surface area contributed by atoms with Crippen molar-refractivity contribution in [1.29, 1.82) is 0 Å². The Balaban J connectivity index is 2.65. The Hall–Kier alpha value is -0.570. The van der Waals surface area contributed by atoms with E-state index in [1.165, 1.54) is 0 Å². The predicted molar refractivity (Wildman–Crippen MR) is 52.3 cm³/mol. The second kappa shape index (κ2) is 3.90. The lowest BCUT2D eigenvalue weighted by molar-refractivity contribution is 0.0963. The molecule has 1 rings (SSSR count). The first-order valence-corrected chi connectivity index (χ1v) is 4.76. The van der Waals surface area contributed by atoms with E-state index >= 15 is 0 Å². The van der Waals surface area contributed by atoms with Gasteiger partial charge in [0.1, 0.15) is 0 Å². The first-order chi connectivity index (χ1) is 5.59. The molecule has 2 nitrogen and oxygen atoms in total. The van der Waals surface area contributed by atoms with Crippen molar-refractivity contribution in [1.82, 2.24) is 4.98 Å². The van der Waals surface area contributed by atoms with E-state index in [4.69, 9.17) is 0 Å². The maximum absolute atomic E-state index is 11.4. The highest BCUT2D eigenvalue weighted by Gasteiger charge is 2.09. The monoisotopic (exact) mass is 229 g/mol. The van der Waals surface area contributed by atoms with E-state index in [2.05, 4.69) is 20.9 Å². The lowest BCUT2D eigenvalue weighted by atomic mass is 10.1. The number of Topliss-reactive ketones (excluding diaryl/α,β-unsaturated/α-hetero) is 1. The average molecular weight is 230 g/mol. The quantitative estimate of drug-likeness (QED) is 0.795. The number of hydrogen-bond acceptors (Lipinski definition) is 1. The van der Waals surface area contributed by atoms with Gasteiger partial charge in [0.05, 0.1) is 10.3 Å². The maximum atomic E-state index is 11.4. The molecule has 0 aliphatic rings. The topological polar surface area (TPSA) is 32.9 Å². The van der Waals surface area contributed by atoms with Crippen LogP contribution in [0.3, 0.4) is 0 Å². The van der Waals surface area contributed by atoms with Crippen molar-refractivity contribution in [3.63, 3.8) is 0 Å². The molecule has 0 radical (unpaired) electrons. The molecule has 1 aromatic heterocycles. The maximum Gasteiger partial charge on any atom is 0.179 e. The third kappa shape index (κ3) is 2.48. The molecule has 3 heteroatoms. The normalized spacial score (nSPS) is 10.7. The molecule has 0 aliphatic carbocycles. The summed E-state index contributed by atoms with van der Waals surface area (Å²) in [5.41, 5.74) is 0.690. The number of aromatic amines is 1. The zero-order valence-corrected chi connectivity index (χ0v) is 8.81. The molecule has 0 aromatic carbocycles. The van der Waals surface area contributed by atoms with Gasteiger partial charge in [-0.2, -0.15) is 0 Å². The van der Waals surface area contributed by atoms with Crippen molar-refractivity contribution in [3.05, 3.63) is 22.4 Å². The van der Waals surface area contributed by atoms with Gasteiger partial charge < -0.3 is 4.98 Å². The Bertz CT molecular complexity index is 278. The van der Waals surface area contributed by atoms with Gasteiger partial charge in [-0.25, -0.2) is 0 Å². The number of hydrogen-bond donors (Lipinski definition) is 1. The molecule has 0 atom stereocenters.